The molecule has 3 rings (SSSR count). The van der Waals surface area contributed by atoms with Crippen molar-refractivity contribution in [3.63, 3.8) is 0 Å². The van der Waals surface area contributed by atoms with E-state index in [2.05, 4.69) is 0 Å². The van der Waals surface area contributed by atoms with Gasteiger partial charge in [-0.1, -0.05) is 0 Å². The van der Waals surface area contributed by atoms with E-state index in [0.29, 0.717) is 0 Å². The number of hydrogen-bond acceptors (Lipinski definition) is 14. The van der Waals surface area contributed by atoms with E-state index in [1.54, 1.807) is 0 Å². The van der Waals surface area contributed by atoms with Crippen LogP contribution in [-0.2, 0) is 23.7 Å². The molecule has 0 aromatic carbocycles. The van der Waals surface area contributed by atoms with E-state index in [-0.39, 0.29) is 6.61 Å². The molecule has 0 bridgehead atoms. The smallest absolute Gasteiger partial charge is 0.187 e. The van der Waals surface area contributed by atoms with Gasteiger partial charge in [-0.3, -0.25) is 0 Å². The molecule has 0 aromatic heterocycles. The quantitative estimate of drug-likeness (QED) is 0.192. The van der Waals surface area contributed by atoms with Crippen LogP contribution in [-0.4, -0.2) is 146 Å². The fourth-order valence-corrected chi connectivity index (χ4v) is 3.47. The molecular formula is C16H28O14. The maximum Gasteiger partial charge on any atom is 0.187 e. The summed E-state index contributed by atoms with van der Waals surface area (Å²) in [6.45, 7) is -1.49. The van der Waals surface area contributed by atoms with Gasteiger partial charge in [-0.2, -0.15) is 0 Å². The van der Waals surface area contributed by atoms with Crippen molar-refractivity contribution in [2.24, 2.45) is 0 Å². The van der Waals surface area contributed by atoms with Crippen LogP contribution in [0.25, 0.3) is 0 Å². The van der Waals surface area contributed by atoms with Gasteiger partial charge in [0.2, 0.25) is 0 Å². The van der Waals surface area contributed by atoms with Crippen LogP contribution in [0.2, 0.25) is 0 Å². The Bertz CT molecular complexity index is 550. The second kappa shape index (κ2) is 9.93. The Kier molecular flexibility index (Phi) is 7.97. The number of rotatable bonds is 5. The minimum Gasteiger partial charge on any atom is -0.394 e. The van der Waals surface area contributed by atoms with Crippen LogP contribution >= 0.6 is 0 Å². The molecule has 0 amide bonds. The zero-order chi connectivity index (χ0) is 22.2. The first-order valence-corrected chi connectivity index (χ1v) is 9.40. The lowest BCUT2D eigenvalue weighted by atomic mass is 9.98. The van der Waals surface area contributed by atoms with Crippen molar-refractivity contribution < 1.29 is 69.6 Å². The highest BCUT2D eigenvalue weighted by molar-refractivity contribution is 4.93. The molecule has 0 aliphatic carbocycles. The predicted molar refractivity (Wildman–Crippen MR) is 89.2 cm³/mol. The molecule has 30 heavy (non-hydrogen) atoms. The summed E-state index contributed by atoms with van der Waals surface area (Å²) in [7, 11) is 0. The number of ether oxygens (including phenoxy) is 5. The summed E-state index contributed by atoms with van der Waals surface area (Å²) in [6, 6.07) is 0. The largest absolute Gasteiger partial charge is 0.394 e. The topological polar surface area (TPSA) is 228 Å². The van der Waals surface area contributed by atoms with Crippen LogP contribution < -0.4 is 0 Å². The maximum atomic E-state index is 10.3. The number of hydrogen-bond donors (Lipinski definition) is 9. The van der Waals surface area contributed by atoms with Crippen LogP contribution in [0.1, 0.15) is 0 Å². The Labute approximate surface area is 170 Å². The van der Waals surface area contributed by atoms with Crippen molar-refractivity contribution in [3.05, 3.63) is 0 Å². The zero-order valence-electron chi connectivity index (χ0n) is 15.7. The van der Waals surface area contributed by atoms with Gasteiger partial charge >= 0.3 is 0 Å². The average Bonchev–Trinajstić information content (AvgIpc) is 2.73. The fourth-order valence-electron chi connectivity index (χ4n) is 3.47. The van der Waals surface area contributed by atoms with E-state index in [1.165, 1.54) is 0 Å². The summed E-state index contributed by atoms with van der Waals surface area (Å²) in [5, 5.41) is 88.6. The predicted octanol–water partition coefficient (Wildman–Crippen LogP) is -6.29. The minimum absolute atomic E-state index is 0.382. The van der Waals surface area contributed by atoms with Crippen LogP contribution in [0.5, 0.6) is 0 Å². The molecule has 3 fully saturated rings. The highest BCUT2D eigenvalue weighted by atomic mass is 16.8. The lowest BCUT2D eigenvalue weighted by molar-refractivity contribution is -0.370. The monoisotopic (exact) mass is 444 g/mol. The third kappa shape index (κ3) is 4.77. The first-order valence-electron chi connectivity index (χ1n) is 9.40. The fraction of sp³-hybridized carbons (Fsp3) is 1.00. The Morgan fingerprint density at radius 1 is 0.633 bits per heavy atom. The van der Waals surface area contributed by atoms with Crippen molar-refractivity contribution in [3.8, 4) is 0 Å². The molecule has 3 saturated heterocycles. The molecule has 14 heteroatoms. The van der Waals surface area contributed by atoms with Gasteiger partial charge in [0.05, 0.1) is 19.8 Å². The van der Waals surface area contributed by atoms with Gasteiger partial charge < -0.3 is 69.6 Å². The van der Waals surface area contributed by atoms with Crippen molar-refractivity contribution >= 4 is 0 Å². The molecule has 0 unspecified atom stereocenters. The molecule has 0 spiro atoms. The molecule has 0 aromatic rings. The molecule has 9 N–H and O–H groups in total. The van der Waals surface area contributed by atoms with Gasteiger partial charge in [-0.25, -0.2) is 0 Å². The average molecular weight is 444 g/mol. The van der Waals surface area contributed by atoms with Gasteiger partial charge in [-0.05, 0) is 0 Å². The Morgan fingerprint density at radius 2 is 1.20 bits per heavy atom. The molecule has 13 atom stereocenters. The van der Waals surface area contributed by atoms with E-state index in [1.807, 2.05) is 0 Å². The van der Waals surface area contributed by atoms with Crippen molar-refractivity contribution in [2.45, 2.75) is 79.9 Å². The zero-order valence-corrected chi connectivity index (χ0v) is 15.7. The maximum absolute atomic E-state index is 10.3. The Morgan fingerprint density at radius 3 is 1.83 bits per heavy atom. The highest BCUT2D eigenvalue weighted by Gasteiger charge is 2.50. The van der Waals surface area contributed by atoms with E-state index in [9.17, 15) is 46.0 Å². The van der Waals surface area contributed by atoms with Crippen molar-refractivity contribution in [1.29, 1.82) is 0 Å². The minimum atomic E-state index is -1.78. The molecule has 176 valence electrons. The number of aliphatic hydroxyl groups is 9. The Balaban J connectivity index is 1.74. The summed E-state index contributed by atoms with van der Waals surface area (Å²) in [5.74, 6) is 0. The van der Waals surface area contributed by atoms with E-state index < -0.39 is 93.1 Å². The SMILES string of the molecule is OC[C@H]1O[C@@H](O)[C@H](O)[C@@H](O)[C@@H]1O[C@@H]1OC[C@H](O)[C@H](O)[C@H]1O[C@@H]1OC[C@H](O)[C@H](O)[C@H]1O. The standard InChI is InChI=1S/C16H28O14/c17-1-6-12(9(22)10(23)14(25)28-6)29-16-13(8(21)5(19)3-27-16)30-15-11(24)7(20)4(18)2-26-15/h4-25H,1-3H2/t4-,5-,6+,7-,8-,9+,10+,11+,12+,13+,14+,15-,16-/m0/s1. The molecule has 3 heterocycles. The summed E-state index contributed by atoms with van der Waals surface area (Å²) in [6.07, 6.45) is -20.2. The second-order valence-corrected chi connectivity index (χ2v) is 7.44. The van der Waals surface area contributed by atoms with Gasteiger partial charge in [-0.15, -0.1) is 0 Å². The van der Waals surface area contributed by atoms with Crippen LogP contribution in [0.15, 0.2) is 0 Å². The van der Waals surface area contributed by atoms with Gasteiger partial charge in [0, 0.05) is 0 Å². The lowest BCUT2D eigenvalue weighted by Crippen LogP contribution is -2.64. The van der Waals surface area contributed by atoms with Crippen molar-refractivity contribution in [1.82, 2.24) is 0 Å². The number of aliphatic hydroxyl groups excluding tert-OH is 9. The van der Waals surface area contributed by atoms with E-state index in [4.69, 9.17) is 23.7 Å². The first kappa shape index (κ1) is 24.1. The molecular weight excluding hydrogens is 416 g/mol. The lowest BCUT2D eigenvalue weighted by Gasteiger charge is -2.45. The Hall–Kier alpha value is -0.560. The molecule has 3 aliphatic heterocycles. The van der Waals surface area contributed by atoms with Crippen LogP contribution in [0.3, 0.4) is 0 Å². The van der Waals surface area contributed by atoms with Crippen LogP contribution in [0, 0.1) is 0 Å². The summed E-state index contributed by atoms with van der Waals surface area (Å²) in [4.78, 5) is 0. The molecule has 0 radical (unpaired) electrons. The van der Waals surface area contributed by atoms with E-state index >= 15 is 0 Å². The van der Waals surface area contributed by atoms with Gasteiger partial charge in [0.15, 0.2) is 18.9 Å². The van der Waals surface area contributed by atoms with Crippen LogP contribution in [0.4, 0.5) is 0 Å². The summed E-state index contributed by atoms with van der Waals surface area (Å²) < 4.78 is 26.4. The summed E-state index contributed by atoms with van der Waals surface area (Å²) in [5.41, 5.74) is 0. The normalized spacial score (nSPS) is 52.9. The third-order valence-electron chi connectivity index (χ3n) is 5.31. The molecule has 14 nitrogen and oxygen atoms in total. The first-order chi connectivity index (χ1) is 14.1. The van der Waals surface area contributed by atoms with Gasteiger partial charge in [0.1, 0.15) is 61.0 Å². The summed E-state index contributed by atoms with van der Waals surface area (Å²) >= 11 is 0. The second-order valence-electron chi connectivity index (χ2n) is 7.44. The van der Waals surface area contributed by atoms with Gasteiger partial charge in [0.25, 0.3) is 0 Å². The third-order valence-corrected chi connectivity index (χ3v) is 5.31. The van der Waals surface area contributed by atoms with Crippen molar-refractivity contribution in [2.75, 3.05) is 19.8 Å². The highest BCUT2D eigenvalue weighted by Crippen LogP contribution is 2.29. The van der Waals surface area contributed by atoms with E-state index in [0.717, 1.165) is 0 Å². The molecule has 0 saturated carbocycles. The molecule has 3 aliphatic rings.